The lowest BCUT2D eigenvalue weighted by Crippen LogP contribution is -2.25. The first kappa shape index (κ1) is 13.7. The number of rotatable bonds is 3. The van der Waals surface area contributed by atoms with E-state index in [9.17, 15) is 14.0 Å². The minimum atomic E-state index is -0.591. The smallest absolute Gasteiger partial charge is 0.298 e. The molecule has 0 bridgehead atoms. The van der Waals surface area contributed by atoms with Gasteiger partial charge in [-0.25, -0.2) is 9.37 Å². The molecule has 6 nitrogen and oxygen atoms in total. The van der Waals surface area contributed by atoms with Gasteiger partial charge < -0.3 is 4.42 Å². The van der Waals surface area contributed by atoms with Gasteiger partial charge in [0.1, 0.15) is 5.82 Å². The van der Waals surface area contributed by atoms with Crippen LogP contribution < -0.4 is 10.9 Å². The molecule has 0 spiro atoms. The zero-order valence-electron chi connectivity index (χ0n) is 11.2. The van der Waals surface area contributed by atoms with Crippen molar-refractivity contribution in [2.24, 2.45) is 0 Å². The molecule has 22 heavy (non-hydrogen) atoms. The summed E-state index contributed by atoms with van der Waals surface area (Å²) in [7, 11) is 0. The summed E-state index contributed by atoms with van der Waals surface area (Å²) in [6, 6.07) is 8.55. The summed E-state index contributed by atoms with van der Waals surface area (Å²) in [6.45, 7) is 0. The van der Waals surface area contributed by atoms with E-state index in [0.29, 0.717) is 5.69 Å². The number of nitrogens with zero attached hydrogens (tertiary/aromatic N) is 2. The molecule has 2 heterocycles. The lowest BCUT2D eigenvalue weighted by atomic mass is 10.3. The monoisotopic (exact) mass is 299 g/mol. The van der Waals surface area contributed by atoms with Crippen LogP contribution in [0.5, 0.6) is 0 Å². The number of carbonyl (C=O) groups is 1. The number of amides is 1. The quantitative estimate of drug-likeness (QED) is 0.804. The standard InChI is InChI=1S/C15H10FN3O3/c16-10-3-1-4-11(9-10)19-7-6-17-13(15(19)21)18-14(20)12-5-2-8-22-12/h1-9H,(H,17,18,20). The number of hydrogen-bond donors (Lipinski definition) is 1. The molecule has 0 saturated carbocycles. The molecule has 0 aliphatic carbocycles. The maximum Gasteiger partial charge on any atom is 0.298 e. The molecule has 0 aliphatic rings. The van der Waals surface area contributed by atoms with Gasteiger partial charge in [-0.2, -0.15) is 0 Å². The Morgan fingerprint density at radius 3 is 2.86 bits per heavy atom. The zero-order valence-corrected chi connectivity index (χ0v) is 11.2. The van der Waals surface area contributed by atoms with Gasteiger partial charge in [-0.1, -0.05) is 6.07 Å². The lowest BCUT2D eigenvalue weighted by molar-refractivity contribution is 0.0996. The third-order valence-electron chi connectivity index (χ3n) is 2.90. The van der Waals surface area contributed by atoms with Crippen LogP contribution in [0.1, 0.15) is 10.6 Å². The molecular formula is C15H10FN3O3. The molecular weight excluding hydrogens is 289 g/mol. The molecule has 0 fully saturated rings. The minimum absolute atomic E-state index is 0.0577. The van der Waals surface area contributed by atoms with Crippen LogP contribution in [0.25, 0.3) is 5.69 Å². The van der Waals surface area contributed by atoms with E-state index >= 15 is 0 Å². The maximum atomic E-state index is 13.3. The molecule has 0 unspecified atom stereocenters. The molecule has 7 heteroatoms. The highest BCUT2D eigenvalue weighted by Crippen LogP contribution is 2.09. The van der Waals surface area contributed by atoms with E-state index in [1.165, 1.54) is 47.5 Å². The van der Waals surface area contributed by atoms with Crippen molar-refractivity contribution < 1.29 is 13.6 Å². The van der Waals surface area contributed by atoms with E-state index in [4.69, 9.17) is 4.42 Å². The molecule has 0 saturated heterocycles. The number of halogens is 1. The molecule has 0 aliphatic heterocycles. The lowest BCUT2D eigenvalue weighted by Gasteiger charge is -2.07. The summed E-state index contributed by atoms with van der Waals surface area (Å²) >= 11 is 0. The number of nitrogens with one attached hydrogen (secondary N) is 1. The highest BCUT2D eigenvalue weighted by molar-refractivity contribution is 6.01. The predicted molar refractivity (Wildman–Crippen MR) is 76.5 cm³/mol. The second-order valence-corrected chi connectivity index (χ2v) is 4.36. The fourth-order valence-electron chi connectivity index (χ4n) is 1.90. The molecule has 110 valence electrons. The summed E-state index contributed by atoms with van der Waals surface area (Å²) in [6.07, 6.45) is 4.07. The fraction of sp³-hybridized carbons (Fsp3) is 0. The average Bonchev–Trinajstić information content (AvgIpc) is 3.04. The first-order valence-electron chi connectivity index (χ1n) is 6.33. The number of anilines is 1. The van der Waals surface area contributed by atoms with Crippen molar-refractivity contribution in [3.05, 3.63) is 77.0 Å². The normalized spacial score (nSPS) is 10.4. The number of aromatic nitrogens is 2. The topological polar surface area (TPSA) is 77.1 Å². The third-order valence-corrected chi connectivity index (χ3v) is 2.90. The number of carbonyl (C=O) groups excluding carboxylic acids is 1. The molecule has 3 aromatic rings. The molecule has 0 atom stereocenters. The number of furan rings is 1. The highest BCUT2D eigenvalue weighted by Gasteiger charge is 2.13. The Morgan fingerprint density at radius 2 is 2.14 bits per heavy atom. The van der Waals surface area contributed by atoms with Gasteiger partial charge in [-0.3, -0.25) is 19.5 Å². The van der Waals surface area contributed by atoms with Gasteiger partial charge in [0, 0.05) is 12.4 Å². The molecule has 3 rings (SSSR count). The van der Waals surface area contributed by atoms with Gasteiger partial charge in [0.2, 0.25) is 0 Å². The van der Waals surface area contributed by atoms with E-state index in [0.717, 1.165) is 0 Å². The molecule has 1 amide bonds. The summed E-state index contributed by atoms with van der Waals surface area (Å²) in [4.78, 5) is 28.0. The number of hydrogen-bond acceptors (Lipinski definition) is 4. The zero-order chi connectivity index (χ0) is 15.5. The third kappa shape index (κ3) is 2.64. The van der Waals surface area contributed by atoms with Crippen LogP contribution in [0.2, 0.25) is 0 Å². The molecule has 1 aromatic carbocycles. The summed E-state index contributed by atoms with van der Waals surface area (Å²) in [5.74, 6) is -1.18. The Kier molecular flexibility index (Phi) is 3.53. The van der Waals surface area contributed by atoms with Crippen molar-refractivity contribution >= 4 is 11.7 Å². The van der Waals surface area contributed by atoms with Gasteiger partial charge in [-0.15, -0.1) is 0 Å². The van der Waals surface area contributed by atoms with Gasteiger partial charge in [0.25, 0.3) is 11.5 Å². The molecule has 2 aromatic heterocycles. The fourth-order valence-corrected chi connectivity index (χ4v) is 1.90. The van der Waals surface area contributed by atoms with Crippen molar-refractivity contribution in [3.8, 4) is 5.69 Å². The Labute approximate surface area is 123 Å². The van der Waals surface area contributed by atoms with E-state index in [2.05, 4.69) is 10.3 Å². The van der Waals surface area contributed by atoms with Gasteiger partial charge >= 0.3 is 0 Å². The summed E-state index contributed by atoms with van der Waals surface area (Å²) in [5, 5.41) is 2.37. The van der Waals surface area contributed by atoms with Crippen molar-refractivity contribution in [3.63, 3.8) is 0 Å². The second-order valence-electron chi connectivity index (χ2n) is 4.36. The Bertz CT molecular complexity index is 872. The van der Waals surface area contributed by atoms with Crippen LogP contribution in [-0.2, 0) is 0 Å². The Hall–Kier alpha value is -3.22. The second kappa shape index (κ2) is 5.65. The van der Waals surface area contributed by atoms with Crippen LogP contribution in [0.4, 0.5) is 10.2 Å². The molecule has 0 radical (unpaired) electrons. The first-order valence-corrected chi connectivity index (χ1v) is 6.33. The Balaban J connectivity index is 1.96. The van der Waals surface area contributed by atoms with Crippen LogP contribution in [0, 0.1) is 5.82 Å². The largest absolute Gasteiger partial charge is 0.459 e. The van der Waals surface area contributed by atoms with Gasteiger partial charge in [-0.05, 0) is 30.3 Å². The van der Waals surface area contributed by atoms with E-state index in [1.807, 2.05) is 0 Å². The highest BCUT2D eigenvalue weighted by atomic mass is 19.1. The van der Waals surface area contributed by atoms with Crippen LogP contribution in [0.15, 0.2) is 64.3 Å². The van der Waals surface area contributed by atoms with Gasteiger partial charge in [0.15, 0.2) is 11.6 Å². The van der Waals surface area contributed by atoms with Crippen molar-refractivity contribution in [2.75, 3.05) is 5.32 Å². The van der Waals surface area contributed by atoms with Crippen LogP contribution in [-0.4, -0.2) is 15.5 Å². The van der Waals surface area contributed by atoms with Crippen molar-refractivity contribution in [2.45, 2.75) is 0 Å². The van der Waals surface area contributed by atoms with Gasteiger partial charge in [0.05, 0.1) is 12.0 Å². The minimum Gasteiger partial charge on any atom is -0.459 e. The van der Waals surface area contributed by atoms with Crippen molar-refractivity contribution in [1.82, 2.24) is 9.55 Å². The van der Waals surface area contributed by atoms with Crippen LogP contribution >= 0.6 is 0 Å². The predicted octanol–water partition coefficient (Wildman–Crippen LogP) is 2.22. The first-order chi connectivity index (χ1) is 10.6. The average molecular weight is 299 g/mol. The van der Waals surface area contributed by atoms with E-state index < -0.39 is 17.3 Å². The SMILES string of the molecule is O=C(Nc1nccn(-c2cccc(F)c2)c1=O)c1ccco1. The number of benzene rings is 1. The summed E-state index contributed by atoms with van der Waals surface area (Å²) in [5.41, 5.74) is -0.242. The van der Waals surface area contributed by atoms with Crippen LogP contribution in [0.3, 0.4) is 0 Å². The Morgan fingerprint density at radius 1 is 1.27 bits per heavy atom. The molecule has 1 N–H and O–H groups in total. The van der Waals surface area contributed by atoms with Crippen molar-refractivity contribution in [1.29, 1.82) is 0 Å². The maximum absolute atomic E-state index is 13.3. The van der Waals surface area contributed by atoms with E-state index in [-0.39, 0.29) is 11.6 Å². The van der Waals surface area contributed by atoms with E-state index in [1.54, 1.807) is 12.1 Å². The summed E-state index contributed by atoms with van der Waals surface area (Å²) < 4.78 is 19.4.